The SMILES string of the molecule is O=C(NC[C@@H](O)CO)c1ccc2c(c1)C(=O)c1ccc(Nc3ccc(F)cc3F)cc1OC2. The Hall–Kier alpha value is -3.82. The molecule has 3 aromatic rings. The van der Waals surface area contributed by atoms with Crippen molar-refractivity contribution in [2.45, 2.75) is 12.7 Å². The Bertz CT molecular complexity index is 1230. The van der Waals surface area contributed by atoms with E-state index in [1.165, 1.54) is 24.3 Å². The lowest BCUT2D eigenvalue weighted by molar-refractivity contribution is 0.0802. The smallest absolute Gasteiger partial charge is 0.251 e. The van der Waals surface area contributed by atoms with Gasteiger partial charge in [-0.25, -0.2) is 8.78 Å². The molecule has 0 spiro atoms. The van der Waals surface area contributed by atoms with Gasteiger partial charge in [0.15, 0.2) is 5.78 Å². The molecule has 1 aliphatic rings. The topological polar surface area (TPSA) is 108 Å². The number of ether oxygens (including phenoxy) is 1. The van der Waals surface area contributed by atoms with Gasteiger partial charge in [0.25, 0.3) is 5.91 Å². The molecule has 0 fully saturated rings. The van der Waals surface area contributed by atoms with Crippen molar-refractivity contribution in [3.05, 3.63) is 88.5 Å². The van der Waals surface area contributed by atoms with Gasteiger partial charge in [-0.15, -0.1) is 0 Å². The minimum absolute atomic E-state index is 0.0709. The first-order valence-electron chi connectivity index (χ1n) is 10.1. The van der Waals surface area contributed by atoms with E-state index < -0.39 is 30.3 Å². The first-order valence-corrected chi connectivity index (χ1v) is 10.1. The number of rotatable bonds is 6. The quantitative estimate of drug-likeness (QED) is 0.456. The Morgan fingerprint density at radius 1 is 1.06 bits per heavy atom. The fourth-order valence-corrected chi connectivity index (χ4v) is 3.39. The lowest BCUT2D eigenvalue weighted by atomic mass is 9.96. The Labute approximate surface area is 187 Å². The van der Waals surface area contributed by atoms with E-state index >= 15 is 0 Å². The number of nitrogens with one attached hydrogen (secondary N) is 2. The van der Waals surface area contributed by atoms with E-state index in [9.17, 15) is 23.5 Å². The average molecular weight is 454 g/mol. The molecule has 0 saturated carbocycles. The fourth-order valence-electron chi connectivity index (χ4n) is 3.39. The van der Waals surface area contributed by atoms with Crippen molar-refractivity contribution < 1.29 is 33.3 Å². The van der Waals surface area contributed by atoms with Crippen LogP contribution in [0, 0.1) is 11.6 Å². The van der Waals surface area contributed by atoms with Crippen LogP contribution in [0.1, 0.15) is 31.8 Å². The zero-order valence-electron chi connectivity index (χ0n) is 17.3. The second-order valence-electron chi connectivity index (χ2n) is 7.50. The normalized spacial score (nSPS) is 13.3. The van der Waals surface area contributed by atoms with Gasteiger partial charge in [0.05, 0.1) is 24.0 Å². The van der Waals surface area contributed by atoms with Crippen LogP contribution >= 0.6 is 0 Å². The molecule has 0 aromatic heterocycles. The molecule has 0 aliphatic carbocycles. The van der Waals surface area contributed by atoms with Crippen molar-refractivity contribution in [3.63, 3.8) is 0 Å². The third kappa shape index (κ3) is 4.84. The molecule has 0 saturated heterocycles. The summed E-state index contributed by atoms with van der Waals surface area (Å²) in [5.41, 5.74) is 1.90. The average Bonchev–Trinajstić information content (AvgIpc) is 2.95. The molecular formula is C24H20F2N2O5. The molecule has 1 aliphatic heterocycles. The molecular weight excluding hydrogens is 434 g/mol. The van der Waals surface area contributed by atoms with Crippen molar-refractivity contribution in [1.82, 2.24) is 5.32 Å². The van der Waals surface area contributed by atoms with Crippen molar-refractivity contribution in [1.29, 1.82) is 0 Å². The van der Waals surface area contributed by atoms with E-state index in [4.69, 9.17) is 9.84 Å². The Morgan fingerprint density at radius 2 is 1.88 bits per heavy atom. The predicted octanol–water partition coefficient (Wildman–Crippen LogP) is 2.91. The standard InChI is InChI=1S/C24H20F2N2O5/c25-15-3-6-21(20(26)8-15)28-16-4-5-18-22(9-16)33-12-14-2-1-13(7-19(14)23(18)31)24(32)27-10-17(30)11-29/h1-9,17,28-30H,10-12H2,(H,27,32)/t17-/m1/s1. The van der Waals surface area contributed by atoms with E-state index in [1.807, 2.05) is 0 Å². The second kappa shape index (κ2) is 9.35. The first kappa shape index (κ1) is 22.4. The molecule has 33 heavy (non-hydrogen) atoms. The molecule has 170 valence electrons. The number of amides is 1. The molecule has 1 amide bonds. The number of halogens is 2. The van der Waals surface area contributed by atoms with Crippen LogP contribution in [0.5, 0.6) is 5.75 Å². The molecule has 4 N–H and O–H groups in total. The lowest BCUT2D eigenvalue weighted by Crippen LogP contribution is -2.34. The number of carbonyl (C=O) groups is 2. The maximum atomic E-state index is 14.0. The number of aliphatic hydroxyl groups excluding tert-OH is 2. The fraction of sp³-hybridized carbons (Fsp3) is 0.167. The van der Waals surface area contributed by atoms with E-state index in [2.05, 4.69) is 10.6 Å². The second-order valence-corrected chi connectivity index (χ2v) is 7.50. The van der Waals surface area contributed by atoms with Crippen LogP contribution in [-0.4, -0.2) is 41.2 Å². The van der Waals surface area contributed by atoms with Crippen LogP contribution in [0.3, 0.4) is 0 Å². The maximum Gasteiger partial charge on any atom is 0.251 e. The van der Waals surface area contributed by atoms with Crippen LogP contribution in [-0.2, 0) is 6.61 Å². The van der Waals surface area contributed by atoms with Crippen LogP contribution in [0.2, 0.25) is 0 Å². The maximum absolute atomic E-state index is 14.0. The van der Waals surface area contributed by atoms with Gasteiger partial charge in [0.1, 0.15) is 24.0 Å². The molecule has 4 rings (SSSR count). The highest BCUT2D eigenvalue weighted by Gasteiger charge is 2.24. The number of anilines is 2. The highest BCUT2D eigenvalue weighted by molar-refractivity contribution is 6.13. The van der Waals surface area contributed by atoms with Crippen molar-refractivity contribution in [2.24, 2.45) is 0 Å². The zero-order valence-corrected chi connectivity index (χ0v) is 17.3. The Morgan fingerprint density at radius 3 is 2.64 bits per heavy atom. The van der Waals surface area contributed by atoms with Gasteiger partial charge in [-0.1, -0.05) is 6.07 Å². The van der Waals surface area contributed by atoms with Gasteiger partial charge in [0, 0.05) is 41.1 Å². The number of fused-ring (bicyclic) bond motifs is 2. The highest BCUT2D eigenvalue weighted by Crippen LogP contribution is 2.32. The lowest BCUT2D eigenvalue weighted by Gasteiger charge is -2.11. The number of ketones is 1. The van der Waals surface area contributed by atoms with Gasteiger partial charge in [0.2, 0.25) is 0 Å². The summed E-state index contributed by atoms with van der Waals surface area (Å²) in [6.45, 7) is -0.536. The minimum Gasteiger partial charge on any atom is -0.488 e. The monoisotopic (exact) mass is 454 g/mol. The van der Waals surface area contributed by atoms with Crippen molar-refractivity contribution in [3.8, 4) is 5.75 Å². The number of carbonyl (C=O) groups excluding carboxylic acids is 2. The number of aliphatic hydroxyl groups is 2. The minimum atomic E-state index is -1.08. The first-order chi connectivity index (χ1) is 15.9. The van der Waals surface area contributed by atoms with Gasteiger partial charge >= 0.3 is 0 Å². The molecule has 9 heteroatoms. The highest BCUT2D eigenvalue weighted by atomic mass is 19.1. The molecule has 7 nitrogen and oxygen atoms in total. The summed E-state index contributed by atoms with van der Waals surface area (Å²) in [5.74, 6) is -2.01. The van der Waals surface area contributed by atoms with E-state index in [0.717, 1.165) is 12.1 Å². The summed E-state index contributed by atoms with van der Waals surface area (Å²) in [7, 11) is 0. The third-order valence-corrected chi connectivity index (χ3v) is 5.15. The van der Waals surface area contributed by atoms with Gasteiger partial charge < -0.3 is 25.6 Å². The number of hydrogen-bond acceptors (Lipinski definition) is 6. The number of benzene rings is 3. The molecule has 0 radical (unpaired) electrons. The zero-order chi connectivity index (χ0) is 23.5. The number of hydrogen-bond donors (Lipinski definition) is 4. The Kier molecular flexibility index (Phi) is 6.34. The summed E-state index contributed by atoms with van der Waals surface area (Å²) in [6, 6.07) is 12.4. The van der Waals surface area contributed by atoms with Gasteiger partial charge in [-0.3, -0.25) is 9.59 Å². The van der Waals surface area contributed by atoms with Crippen molar-refractivity contribution in [2.75, 3.05) is 18.5 Å². The molecule has 1 heterocycles. The van der Waals surface area contributed by atoms with E-state index in [1.54, 1.807) is 18.2 Å². The largest absolute Gasteiger partial charge is 0.488 e. The van der Waals surface area contributed by atoms with Crippen molar-refractivity contribution >= 4 is 23.1 Å². The summed E-state index contributed by atoms with van der Waals surface area (Å²) >= 11 is 0. The third-order valence-electron chi connectivity index (χ3n) is 5.15. The van der Waals surface area contributed by atoms with Gasteiger partial charge in [-0.2, -0.15) is 0 Å². The van der Waals surface area contributed by atoms with E-state index in [-0.39, 0.29) is 41.5 Å². The summed E-state index contributed by atoms with van der Waals surface area (Å²) in [5, 5.41) is 23.6. The molecule has 1 atom stereocenters. The van der Waals surface area contributed by atoms with Gasteiger partial charge in [-0.05, 0) is 36.4 Å². The summed E-state index contributed by atoms with van der Waals surface area (Å²) in [4.78, 5) is 25.5. The summed E-state index contributed by atoms with van der Waals surface area (Å²) < 4.78 is 32.9. The van der Waals surface area contributed by atoms with Crippen LogP contribution in [0.25, 0.3) is 0 Å². The predicted molar refractivity (Wildman–Crippen MR) is 116 cm³/mol. The van der Waals surface area contributed by atoms with E-state index in [0.29, 0.717) is 16.8 Å². The van der Waals surface area contributed by atoms with Crippen LogP contribution in [0.4, 0.5) is 20.2 Å². The Balaban J connectivity index is 1.58. The molecule has 3 aromatic carbocycles. The molecule has 0 unspecified atom stereocenters. The van der Waals surface area contributed by atoms with Crippen LogP contribution in [0.15, 0.2) is 54.6 Å². The summed E-state index contributed by atoms with van der Waals surface area (Å²) in [6.07, 6.45) is -1.08. The molecule has 0 bridgehead atoms. The van der Waals surface area contributed by atoms with Crippen LogP contribution < -0.4 is 15.4 Å².